The van der Waals surface area contributed by atoms with E-state index in [1.54, 1.807) is 0 Å². The maximum Gasteiger partial charge on any atom is 0.136 e. The third kappa shape index (κ3) is 3.08. The molecule has 2 nitrogen and oxygen atoms in total. The second kappa shape index (κ2) is 6.99. The lowest BCUT2D eigenvalue weighted by Crippen LogP contribution is -2.03. The van der Waals surface area contributed by atoms with E-state index in [1.165, 1.54) is 0 Å². The number of nitrogens with zero attached hydrogens (tertiary/aromatic N) is 1. The molecular formula is C25H16ClNO. The van der Waals surface area contributed by atoms with Gasteiger partial charge in [-0.15, -0.1) is 0 Å². The van der Waals surface area contributed by atoms with Crippen LogP contribution in [0.2, 0.25) is 5.02 Å². The molecule has 0 radical (unpaired) electrons. The summed E-state index contributed by atoms with van der Waals surface area (Å²) >= 11 is 6.26. The third-order valence-corrected chi connectivity index (χ3v) is 5.01. The zero-order valence-electron chi connectivity index (χ0n) is 15.0. The first-order valence-electron chi connectivity index (χ1n) is 9.09. The molecule has 0 bridgehead atoms. The number of hydrogen-bond donors (Lipinski definition) is 0. The van der Waals surface area contributed by atoms with Gasteiger partial charge in [0.15, 0.2) is 0 Å². The van der Waals surface area contributed by atoms with E-state index in [9.17, 15) is 0 Å². The molecule has 5 aromatic rings. The minimum atomic E-state index is 0.657. The largest absolute Gasteiger partial charge is 0.456 e. The van der Waals surface area contributed by atoms with Gasteiger partial charge in [-0.2, -0.15) is 0 Å². The second-order valence-corrected chi connectivity index (χ2v) is 7.05. The molecule has 0 aliphatic heterocycles. The van der Waals surface area contributed by atoms with Crippen molar-refractivity contribution in [1.29, 1.82) is 0 Å². The molecule has 134 valence electrons. The highest BCUT2D eigenvalue weighted by molar-refractivity contribution is 6.31. The summed E-state index contributed by atoms with van der Waals surface area (Å²) in [5.41, 5.74) is 2.68. The molecule has 0 saturated heterocycles. The van der Waals surface area contributed by atoms with Crippen LogP contribution in [0.25, 0.3) is 33.1 Å². The molecular weight excluding hydrogens is 366 g/mol. The predicted molar refractivity (Wildman–Crippen MR) is 116 cm³/mol. The highest BCUT2D eigenvalue weighted by Gasteiger charge is 2.07. The van der Waals surface area contributed by atoms with Crippen LogP contribution in [0.3, 0.4) is 0 Å². The molecule has 0 amide bonds. The standard InChI is InChI=1S/C25H16ClNO/c26-19-13-14-24-21(15-19)23(16-25(28-24)18-8-2-1-3-9-18)27-22-12-6-10-17-7-4-5-11-20(17)22/h1-16H. The molecule has 5 rings (SSSR count). The first kappa shape index (κ1) is 16.8. The number of benzene rings is 4. The van der Waals surface area contributed by atoms with Crippen LogP contribution < -0.4 is 5.36 Å². The van der Waals surface area contributed by atoms with Gasteiger partial charge in [0, 0.05) is 27.4 Å². The fraction of sp³-hybridized carbons (Fsp3) is 0. The molecule has 0 saturated carbocycles. The van der Waals surface area contributed by atoms with Gasteiger partial charge in [-0.3, -0.25) is 0 Å². The predicted octanol–water partition coefficient (Wildman–Crippen LogP) is 7.14. The lowest BCUT2D eigenvalue weighted by atomic mass is 10.1. The van der Waals surface area contributed by atoms with Gasteiger partial charge in [-0.1, -0.05) is 78.3 Å². The first-order valence-corrected chi connectivity index (χ1v) is 9.47. The number of hydrogen-bond acceptors (Lipinski definition) is 2. The van der Waals surface area contributed by atoms with Crippen LogP contribution in [-0.2, 0) is 0 Å². The average Bonchev–Trinajstić information content (AvgIpc) is 2.75. The van der Waals surface area contributed by atoms with Crippen molar-refractivity contribution < 1.29 is 4.42 Å². The highest BCUT2D eigenvalue weighted by atomic mass is 35.5. The van der Waals surface area contributed by atoms with E-state index in [2.05, 4.69) is 18.2 Å². The van der Waals surface area contributed by atoms with Crippen LogP contribution in [0.4, 0.5) is 5.69 Å². The summed E-state index contributed by atoms with van der Waals surface area (Å²) < 4.78 is 6.15. The Morgan fingerprint density at radius 2 is 1.46 bits per heavy atom. The van der Waals surface area contributed by atoms with Gasteiger partial charge in [0.1, 0.15) is 11.3 Å². The van der Waals surface area contributed by atoms with Crippen molar-refractivity contribution in [2.24, 2.45) is 4.99 Å². The van der Waals surface area contributed by atoms with Crippen LogP contribution >= 0.6 is 11.6 Å². The molecule has 0 N–H and O–H groups in total. The Labute approximate surface area is 167 Å². The van der Waals surface area contributed by atoms with Crippen LogP contribution in [0.15, 0.2) is 106 Å². The van der Waals surface area contributed by atoms with E-state index in [0.717, 1.165) is 44.1 Å². The SMILES string of the molecule is Clc1ccc2oc(-c3ccccc3)cc(=Nc3cccc4ccccc34)c2c1. The van der Waals surface area contributed by atoms with Crippen molar-refractivity contribution in [3.8, 4) is 11.3 Å². The van der Waals surface area contributed by atoms with Crippen molar-refractivity contribution in [1.82, 2.24) is 0 Å². The molecule has 0 atom stereocenters. The second-order valence-electron chi connectivity index (χ2n) is 6.61. The Hall–Kier alpha value is -3.36. The maximum absolute atomic E-state index is 6.26. The normalized spacial score (nSPS) is 12.0. The third-order valence-electron chi connectivity index (χ3n) is 4.77. The minimum absolute atomic E-state index is 0.657. The summed E-state index contributed by atoms with van der Waals surface area (Å²) in [7, 11) is 0. The zero-order valence-corrected chi connectivity index (χ0v) is 15.7. The molecule has 4 aromatic carbocycles. The van der Waals surface area contributed by atoms with E-state index < -0.39 is 0 Å². The molecule has 3 heteroatoms. The Kier molecular flexibility index (Phi) is 4.19. The summed E-state index contributed by atoms with van der Waals surface area (Å²) in [5, 5.41) is 4.65. The Morgan fingerprint density at radius 1 is 0.679 bits per heavy atom. The van der Waals surface area contributed by atoms with Crippen molar-refractivity contribution in [2.45, 2.75) is 0 Å². The van der Waals surface area contributed by atoms with Crippen LogP contribution in [0, 0.1) is 0 Å². The average molecular weight is 382 g/mol. The van der Waals surface area contributed by atoms with Gasteiger partial charge in [0.05, 0.1) is 11.0 Å². The van der Waals surface area contributed by atoms with E-state index in [1.807, 2.05) is 78.9 Å². The number of halogens is 1. The maximum atomic E-state index is 6.26. The molecule has 0 aliphatic carbocycles. The van der Waals surface area contributed by atoms with Crippen molar-refractivity contribution >= 4 is 39.0 Å². The Bertz CT molecular complexity index is 1360. The molecule has 1 heterocycles. The quantitative estimate of drug-likeness (QED) is 0.319. The minimum Gasteiger partial charge on any atom is -0.456 e. The first-order chi connectivity index (χ1) is 13.8. The van der Waals surface area contributed by atoms with Gasteiger partial charge >= 0.3 is 0 Å². The molecule has 1 aromatic heterocycles. The van der Waals surface area contributed by atoms with E-state index in [4.69, 9.17) is 21.0 Å². The summed E-state index contributed by atoms with van der Waals surface area (Å²) in [6.45, 7) is 0. The van der Waals surface area contributed by atoms with Crippen LogP contribution in [0.5, 0.6) is 0 Å². The van der Waals surface area contributed by atoms with Gasteiger partial charge in [-0.25, -0.2) is 4.99 Å². The van der Waals surface area contributed by atoms with Crippen LogP contribution in [-0.4, -0.2) is 0 Å². The number of fused-ring (bicyclic) bond motifs is 2. The fourth-order valence-electron chi connectivity index (χ4n) is 3.41. The molecule has 0 aliphatic rings. The Balaban J connectivity index is 1.84. The van der Waals surface area contributed by atoms with Crippen molar-refractivity contribution in [3.05, 3.63) is 107 Å². The lowest BCUT2D eigenvalue weighted by molar-refractivity contribution is 0.618. The molecule has 0 unspecified atom stereocenters. The molecule has 0 fully saturated rings. The van der Waals surface area contributed by atoms with Crippen molar-refractivity contribution in [3.63, 3.8) is 0 Å². The van der Waals surface area contributed by atoms with E-state index >= 15 is 0 Å². The fourth-order valence-corrected chi connectivity index (χ4v) is 3.59. The lowest BCUT2D eigenvalue weighted by Gasteiger charge is -2.06. The summed E-state index contributed by atoms with van der Waals surface area (Å²) in [6.07, 6.45) is 0. The monoisotopic (exact) mass is 381 g/mol. The van der Waals surface area contributed by atoms with Gasteiger partial charge in [0.2, 0.25) is 0 Å². The Morgan fingerprint density at radius 3 is 2.36 bits per heavy atom. The van der Waals surface area contributed by atoms with Gasteiger partial charge in [-0.05, 0) is 29.7 Å². The topological polar surface area (TPSA) is 25.5 Å². The summed E-state index contributed by atoms with van der Waals surface area (Å²) in [4.78, 5) is 5.01. The summed E-state index contributed by atoms with van der Waals surface area (Å²) in [5.74, 6) is 0.773. The smallest absolute Gasteiger partial charge is 0.136 e. The van der Waals surface area contributed by atoms with Gasteiger partial charge < -0.3 is 4.42 Å². The molecule has 0 spiro atoms. The number of rotatable bonds is 2. The molecule has 28 heavy (non-hydrogen) atoms. The summed E-state index contributed by atoms with van der Waals surface area (Å²) in [6, 6.07) is 32.1. The van der Waals surface area contributed by atoms with E-state index in [-0.39, 0.29) is 0 Å². The van der Waals surface area contributed by atoms with Gasteiger partial charge in [0.25, 0.3) is 0 Å². The van der Waals surface area contributed by atoms with Crippen LogP contribution in [0.1, 0.15) is 0 Å². The van der Waals surface area contributed by atoms with Crippen molar-refractivity contribution in [2.75, 3.05) is 0 Å². The highest BCUT2D eigenvalue weighted by Crippen LogP contribution is 2.27. The van der Waals surface area contributed by atoms with E-state index in [0.29, 0.717) is 5.02 Å². The zero-order chi connectivity index (χ0) is 18.9.